The maximum absolute atomic E-state index is 11.3. The van der Waals surface area contributed by atoms with Crippen LogP contribution in [0.5, 0.6) is 23.0 Å². The number of rotatable bonds is 11. The Hall–Kier alpha value is -2.77. The summed E-state index contributed by atoms with van der Waals surface area (Å²) >= 11 is 0. The molecular formula is C23H31NO6. The number of hydrogen-bond donors (Lipinski definition) is 2. The zero-order valence-electron chi connectivity index (χ0n) is 18.3. The van der Waals surface area contributed by atoms with Gasteiger partial charge in [-0.1, -0.05) is 12.1 Å². The Morgan fingerprint density at radius 2 is 1.77 bits per heavy atom. The SMILES string of the molecule is COc1ccccc1OCCNC[C@@H](O)COc1cc(C)c(OC(C)=O)c(C)c1C. The fourth-order valence-corrected chi connectivity index (χ4v) is 2.96. The van der Waals surface area contributed by atoms with Gasteiger partial charge in [0.05, 0.1) is 7.11 Å². The van der Waals surface area contributed by atoms with Crippen molar-refractivity contribution in [2.45, 2.75) is 33.8 Å². The third-order valence-electron chi connectivity index (χ3n) is 4.64. The van der Waals surface area contributed by atoms with Crippen LogP contribution in [0.2, 0.25) is 0 Å². The van der Waals surface area contributed by atoms with Crippen LogP contribution < -0.4 is 24.3 Å². The molecule has 1 atom stereocenters. The number of nitrogens with one attached hydrogen (secondary N) is 1. The minimum absolute atomic E-state index is 0.146. The number of carbonyl (C=O) groups excluding carboxylic acids is 1. The van der Waals surface area contributed by atoms with Crippen LogP contribution in [0.15, 0.2) is 30.3 Å². The quantitative estimate of drug-likeness (QED) is 0.330. The zero-order chi connectivity index (χ0) is 22.1. The maximum Gasteiger partial charge on any atom is 0.308 e. The molecule has 30 heavy (non-hydrogen) atoms. The van der Waals surface area contributed by atoms with Crippen LogP contribution in [-0.2, 0) is 4.79 Å². The van der Waals surface area contributed by atoms with Gasteiger partial charge in [-0.25, -0.2) is 0 Å². The van der Waals surface area contributed by atoms with Crippen LogP contribution in [0, 0.1) is 20.8 Å². The Kier molecular flexibility index (Phi) is 8.95. The molecule has 0 aliphatic rings. The second-order valence-corrected chi connectivity index (χ2v) is 7.03. The molecule has 7 nitrogen and oxygen atoms in total. The summed E-state index contributed by atoms with van der Waals surface area (Å²) in [5, 5.41) is 13.3. The Morgan fingerprint density at radius 3 is 2.43 bits per heavy atom. The second-order valence-electron chi connectivity index (χ2n) is 7.03. The van der Waals surface area contributed by atoms with E-state index in [2.05, 4.69) is 5.32 Å². The van der Waals surface area contributed by atoms with Gasteiger partial charge in [-0.15, -0.1) is 0 Å². The molecule has 0 fully saturated rings. The van der Waals surface area contributed by atoms with E-state index in [4.69, 9.17) is 18.9 Å². The van der Waals surface area contributed by atoms with Crippen molar-refractivity contribution < 1.29 is 28.8 Å². The second kappa shape index (κ2) is 11.4. The molecule has 0 unspecified atom stereocenters. The molecule has 2 aromatic rings. The van der Waals surface area contributed by atoms with Gasteiger partial charge in [0, 0.05) is 20.0 Å². The first-order valence-corrected chi connectivity index (χ1v) is 9.90. The largest absolute Gasteiger partial charge is 0.493 e. The number of aliphatic hydroxyl groups excluding tert-OH is 1. The Bertz CT molecular complexity index is 852. The molecule has 2 N–H and O–H groups in total. The first-order valence-electron chi connectivity index (χ1n) is 9.90. The fraction of sp³-hybridized carbons (Fsp3) is 0.435. The summed E-state index contributed by atoms with van der Waals surface area (Å²) < 4.78 is 22.0. The molecule has 0 aromatic heterocycles. The summed E-state index contributed by atoms with van der Waals surface area (Å²) in [6.45, 7) is 8.56. The van der Waals surface area contributed by atoms with Gasteiger partial charge >= 0.3 is 5.97 Å². The molecular weight excluding hydrogens is 386 g/mol. The fourth-order valence-electron chi connectivity index (χ4n) is 2.96. The lowest BCUT2D eigenvalue weighted by atomic mass is 10.0. The van der Waals surface area contributed by atoms with E-state index in [9.17, 15) is 9.90 Å². The van der Waals surface area contributed by atoms with Gasteiger partial charge in [-0.3, -0.25) is 4.79 Å². The van der Waals surface area contributed by atoms with Crippen LogP contribution in [0.1, 0.15) is 23.6 Å². The number of benzene rings is 2. The monoisotopic (exact) mass is 417 g/mol. The highest BCUT2D eigenvalue weighted by atomic mass is 16.5. The number of hydrogen-bond acceptors (Lipinski definition) is 7. The smallest absolute Gasteiger partial charge is 0.308 e. The van der Waals surface area contributed by atoms with Gasteiger partial charge in [0.1, 0.15) is 30.8 Å². The van der Waals surface area contributed by atoms with Gasteiger partial charge in [0.2, 0.25) is 0 Å². The van der Waals surface area contributed by atoms with E-state index in [-0.39, 0.29) is 12.6 Å². The minimum Gasteiger partial charge on any atom is -0.493 e. The van der Waals surface area contributed by atoms with Crippen LogP contribution in [0.4, 0.5) is 0 Å². The Balaban J connectivity index is 1.77. The standard InChI is InChI=1S/C23H31NO6/c1-15-12-22(16(2)17(3)23(15)30-18(4)25)29-14-19(26)13-24-10-11-28-21-9-7-6-8-20(21)27-5/h6-9,12,19,24,26H,10-11,13-14H2,1-5H3/t19-/m1/s1. The molecule has 0 saturated heterocycles. The molecule has 0 radical (unpaired) electrons. The van der Waals surface area contributed by atoms with Crippen LogP contribution in [0.25, 0.3) is 0 Å². The van der Waals surface area contributed by atoms with Crippen molar-refractivity contribution in [3.05, 3.63) is 47.0 Å². The van der Waals surface area contributed by atoms with Crippen LogP contribution in [-0.4, -0.2) is 50.6 Å². The summed E-state index contributed by atoms with van der Waals surface area (Å²) in [5.74, 6) is 2.24. The molecule has 0 heterocycles. The molecule has 0 spiro atoms. The topological polar surface area (TPSA) is 86.2 Å². The average Bonchev–Trinajstić information content (AvgIpc) is 2.72. The third kappa shape index (κ3) is 6.64. The Morgan fingerprint density at radius 1 is 1.07 bits per heavy atom. The van der Waals surface area contributed by atoms with Crippen molar-refractivity contribution in [1.29, 1.82) is 0 Å². The molecule has 0 aliphatic heterocycles. The van der Waals surface area contributed by atoms with E-state index in [1.54, 1.807) is 7.11 Å². The van der Waals surface area contributed by atoms with Gasteiger partial charge in [-0.2, -0.15) is 0 Å². The molecule has 2 aromatic carbocycles. The molecule has 2 rings (SSSR count). The van der Waals surface area contributed by atoms with Crippen LogP contribution in [0.3, 0.4) is 0 Å². The first-order chi connectivity index (χ1) is 14.3. The zero-order valence-corrected chi connectivity index (χ0v) is 18.3. The van der Waals surface area contributed by atoms with Crippen molar-refractivity contribution in [3.8, 4) is 23.0 Å². The summed E-state index contributed by atoms with van der Waals surface area (Å²) in [6, 6.07) is 9.28. The lowest BCUT2D eigenvalue weighted by molar-refractivity contribution is -0.131. The van der Waals surface area contributed by atoms with Gasteiger partial charge in [-0.05, 0) is 55.7 Å². The van der Waals surface area contributed by atoms with Crippen molar-refractivity contribution in [2.75, 3.05) is 33.4 Å². The van der Waals surface area contributed by atoms with E-state index in [0.717, 1.165) is 16.7 Å². The number of ether oxygens (including phenoxy) is 4. The predicted octanol–water partition coefficient (Wildman–Crippen LogP) is 2.95. The summed E-state index contributed by atoms with van der Waals surface area (Å²) in [7, 11) is 1.60. The lowest BCUT2D eigenvalue weighted by Crippen LogP contribution is -2.33. The highest BCUT2D eigenvalue weighted by molar-refractivity contribution is 5.71. The van der Waals surface area contributed by atoms with E-state index >= 15 is 0 Å². The highest BCUT2D eigenvalue weighted by Crippen LogP contribution is 2.33. The number of methoxy groups -OCH3 is 1. The summed E-state index contributed by atoms with van der Waals surface area (Å²) in [6.07, 6.45) is -0.676. The first kappa shape index (κ1) is 23.5. The van der Waals surface area contributed by atoms with Crippen LogP contribution >= 0.6 is 0 Å². The number of esters is 1. The third-order valence-corrected chi connectivity index (χ3v) is 4.64. The van der Waals surface area contributed by atoms with Crippen molar-refractivity contribution in [2.24, 2.45) is 0 Å². The van der Waals surface area contributed by atoms with Crippen molar-refractivity contribution in [1.82, 2.24) is 5.32 Å². The van der Waals surface area contributed by atoms with Crippen molar-refractivity contribution in [3.63, 3.8) is 0 Å². The molecule has 164 valence electrons. The number of carbonyl (C=O) groups is 1. The van der Waals surface area contributed by atoms with Crippen molar-refractivity contribution >= 4 is 5.97 Å². The molecule has 0 aliphatic carbocycles. The highest BCUT2D eigenvalue weighted by Gasteiger charge is 2.15. The van der Waals surface area contributed by atoms with E-state index in [0.29, 0.717) is 42.7 Å². The average molecular weight is 418 g/mol. The summed E-state index contributed by atoms with van der Waals surface area (Å²) in [5.41, 5.74) is 2.54. The van der Waals surface area contributed by atoms with E-state index in [1.807, 2.05) is 51.1 Å². The normalized spacial score (nSPS) is 11.7. The number of aliphatic hydroxyl groups is 1. The van der Waals surface area contributed by atoms with E-state index in [1.165, 1.54) is 6.92 Å². The van der Waals surface area contributed by atoms with Gasteiger partial charge in [0.15, 0.2) is 11.5 Å². The maximum atomic E-state index is 11.3. The lowest BCUT2D eigenvalue weighted by Gasteiger charge is -2.18. The minimum atomic E-state index is -0.676. The van der Waals surface area contributed by atoms with E-state index < -0.39 is 6.10 Å². The number of para-hydroxylation sites is 2. The Labute approximate surface area is 177 Å². The molecule has 0 amide bonds. The van der Waals surface area contributed by atoms with Gasteiger partial charge in [0.25, 0.3) is 0 Å². The number of aryl methyl sites for hydroxylation is 1. The molecule has 0 saturated carbocycles. The predicted molar refractivity (Wildman–Crippen MR) is 115 cm³/mol. The summed E-state index contributed by atoms with van der Waals surface area (Å²) in [4.78, 5) is 11.3. The van der Waals surface area contributed by atoms with Gasteiger partial charge < -0.3 is 29.4 Å². The molecule has 7 heteroatoms. The molecule has 0 bridgehead atoms.